The summed E-state index contributed by atoms with van der Waals surface area (Å²) >= 11 is 0. The predicted molar refractivity (Wildman–Crippen MR) is 118 cm³/mol. The van der Waals surface area contributed by atoms with E-state index in [1.165, 1.54) is 0 Å². The number of Topliss-reactive ketones (excluding diaryl/α,β-unsaturated/α-hetero) is 1. The van der Waals surface area contributed by atoms with Gasteiger partial charge in [0.15, 0.2) is 0 Å². The first kappa shape index (κ1) is 20.2. The molecular weight excluding hydrogens is 388 g/mol. The summed E-state index contributed by atoms with van der Waals surface area (Å²) in [6, 6.07) is 24.8. The van der Waals surface area contributed by atoms with Crippen LogP contribution in [0.4, 0.5) is 0 Å². The van der Waals surface area contributed by atoms with Crippen LogP contribution >= 0.6 is 0 Å². The average Bonchev–Trinajstić information content (AvgIpc) is 3.09. The third kappa shape index (κ3) is 4.28. The van der Waals surface area contributed by atoms with E-state index in [2.05, 4.69) is 10.1 Å². The summed E-state index contributed by atoms with van der Waals surface area (Å²) in [6.45, 7) is 4.06. The van der Waals surface area contributed by atoms with Crippen molar-refractivity contribution in [1.29, 1.82) is 0 Å². The fraction of sp³-hybridized carbons (Fsp3) is 0.120. The predicted octanol–water partition coefficient (Wildman–Crippen LogP) is 3.65. The molecule has 2 aromatic heterocycles. The van der Waals surface area contributed by atoms with E-state index in [4.69, 9.17) is 0 Å². The number of hydrogen-bond donors (Lipinski definition) is 0. The molecular formula is C25H22N4O2. The molecule has 0 aliphatic rings. The standard InChI is InChI=1S/C25H22N4O2/c1-18-23(19(2)29(27-18)21-13-7-4-8-14-21)24(30)25(31)26-22-15-9-10-16-28(22)17-20-11-5-3-6-12-20/h3-16H,17H2,1-2H3. The van der Waals surface area contributed by atoms with Gasteiger partial charge in [-0.15, -0.1) is 0 Å². The summed E-state index contributed by atoms with van der Waals surface area (Å²) in [5, 5.41) is 4.46. The van der Waals surface area contributed by atoms with Crippen LogP contribution in [0.2, 0.25) is 0 Å². The maximum atomic E-state index is 13.0. The Balaban J connectivity index is 1.67. The first-order valence-electron chi connectivity index (χ1n) is 9.99. The van der Waals surface area contributed by atoms with Gasteiger partial charge in [-0.2, -0.15) is 10.1 Å². The Morgan fingerprint density at radius 2 is 1.52 bits per heavy atom. The van der Waals surface area contributed by atoms with Crippen LogP contribution in [0.25, 0.3) is 5.69 Å². The van der Waals surface area contributed by atoms with Crippen molar-refractivity contribution in [3.05, 3.63) is 113 Å². The van der Waals surface area contributed by atoms with E-state index >= 15 is 0 Å². The SMILES string of the molecule is Cc1nn(-c2ccccc2)c(C)c1C(=O)C(=O)N=c1ccccn1Cc1ccccc1. The van der Waals surface area contributed by atoms with E-state index in [0.29, 0.717) is 29.0 Å². The lowest BCUT2D eigenvalue weighted by atomic mass is 10.1. The lowest BCUT2D eigenvalue weighted by Crippen LogP contribution is -2.25. The van der Waals surface area contributed by atoms with Crippen molar-refractivity contribution in [2.24, 2.45) is 4.99 Å². The number of benzene rings is 2. The second-order valence-corrected chi connectivity index (χ2v) is 7.21. The van der Waals surface area contributed by atoms with E-state index in [-0.39, 0.29) is 0 Å². The minimum atomic E-state index is -0.813. The highest BCUT2D eigenvalue weighted by molar-refractivity contribution is 6.43. The largest absolute Gasteiger partial charge is 0.328 e. The molecule has 0 aliphatic carbocycles. The maximum Gasteiger partial charge on any atom is 0.320 e. The van der Waals surface area contributed by atoms with E-state index in [9.17, 15) is 9.59 Å². The molecule has 4 aromatic rings. The maximum absolute atomic E-state index is 13.0. The van der Waals surface area contributed by atoms with Gasteiger partial charge in [0.05, 0.1) is 22.6 Å². The van der Waals surface area contributed by atoms with Gasteiger partial charge >= 0.3 is 5.91 Å². The van der Waals surface area contributed by atoms with Crippen molar-refractivity contribution >= 4 is 11.7 Å². The molecule has 0 radical (unpaired) electrons. The number of amides is 1. The van der Waals surface area contributed by atoms with Gasteiger partial charge in [-0.1, -0.05) is 54.6 Å². The summed E-state index contributed by atoms with van der Waals surface area (Å²) in [7, 11) is 0. The summed E-state index contributed by atoms with van der Waals surface area (Å²) in [5.41, 5.74) is 3.74. The lowest BCUT2D eigenvalue weighted by molar-refractivity contribution is -0.114. The highest BCUT2D eigenvalue weighted by atomic mass is 16.2. The van der Waals surface area contributed by atoms with Gasteiger partial charge in [0.25, 0.3) is 5.78 Å². The Labute approximate surface area is 180 Å². The van der Waals surface area contributed by atoms with Crippen LogP contribution in [0.1, 0.15) is 27.3 Å². The zero-order valence-electron chi connectivity index (χ0n) is 17.4. The first-order chi connectivity index (χ1) is 15.0. The highest BCUT2D eigenvalue weighted by Gasteiger charge is 2.24. The molecule has 0 fully saturated rings. The Morgan fingerprint density at radius 3 is 2.23 bits per heavy atom. The van der Waals surface area contributed by atoms with Crippen molar-refractivity contribution in [2.45, 2.75) is 20.4 Å². The van der Waals surface area contributed by atoms with Gasteiger partial charge in [-0.3, -0.25) is 9.59 Å². The molecule has 6 heteroatoms. The van der Waals surface area contributed by atoms with E-state index in [0.717, 1.165) is 11.3 Å². The summed E-state index contributed by atoms with van der Waals surface area (Å²) in [6.07, 6.45) is 1.84. The number of carbonyl (C=O) groups is 2. The molecule has 1 amide bonds. The van der Waals surface area contributed by atoms with Crippen molar-refractivity contribution in [1.82, 2.24) is 14.3 Å². The quantitative estimate of drug-likeness (QED) is 0.373. The minimum absolute atomic E-state index is 0.295. The molecule has 0 aliphatic heterocycles. The monoisotopic (exact) mass is 410 g/mol. The third-order valence-corrected chi connectivity index (χ3v) is 5.04. The third-order valence-electron chi connectivity index (χ3n) is 5.04. The fourth-order valence-corrected chi connectivity index (χ4v) is 3.54. The van der Waals surface area contributed by atoms with E-state index in [1.54, 1.807) is 30.7 Å². The topological polar surface area (TPSA) is 69.2 Å². The van der Waals surface area contributed by atoms with E-state index in [1.807, 2.05) is 77.5 Å². The highest BCUT2D eigenvalue weighted by Crippen LogP contribution is 2.18. The number of para-hydroxylation sites is 1. The van der Waals surface area contributed by atoms with Gasteiger partial charge in [0.2, 0.25) is 0 Å². The van der Waals surface area contributed by atoms with Crippen LogP contribution in [0.5, 0.6) is 0 Å². The number of hydrogen-bond acceptors (Lipinski definition) is 3. The normalized spacial score (nSPS) is 11.5. The van der Waals surface area contributed by atoms with Crippen molar-refractivity contribution < 1.29 is 9.59 Å². The van der Waals surface area contributed by atoms with Gasteiger partial charge in [-0.05, 0) is 43.7 Å². The van der Waals surface area contributed by atoms with Gasteiger partial charge < -0.3 is 4.57 Å². The second kappa shape index (κ2) is 8.75. The number of nitrogens with zero attached hydrogens (tertiary/aromatic N) is 4. The van der Waals surface area contributed by atoms with Crippen LogP contribution in [-0.2, 0) is 11.3 Å². The minimum Gasteiger partial charge on any atom is -0.328 e. The number of aromatic nitrogens is 3. The summed E-state index contributed by atoms with van der Waals surface area (Å²) in [4.78, 5) is 29.9. The Morgan fingerprint density at radius 1 is 0.871 bits per heavy atom. The Bertz CT molecular complexity index is 1300. The van der Waals surface area contributed by atoms with Crippen LogP contribution in [0.3, 0.4) is 0 Å². The smallest absolute Gasteiger partial charge is 0.320 e. The van der Waals surface area contributed by atoms with Crippen LogP contribution in [-0.4, -0.2) is 26.0 Å². The number of ketones is 1. The Hall–Kier alpha value is -4.06. The molecule has 2 aromatic carbocycles. The molecule has 4 rings (SSSR count). The molecule has 0 unspecified atom stereocenters. The molecule has 31 heavy (non-hydrogen) atoms. The zero-order valence-corrected chi connectivity index (χ0v) is 17.4. The van der Waals surface area contributed by atoms with E-state index < -0.39 is 11.7 Å². The molecule has 154 valence electrons. The van der Waals surface area contributed by atoms with Crippen molar-refractivity contribution in [3.8, 4) is 5.69 Å². The van der Waals surface area contributed by atoms with Crippen LogP contribution in [0, 0.1) is 13.8 Å². The molecule has 0 N–H and O–H groups in total. The van der Waals surface area contributed by atoms with Crippen molar-refractivity contribution in [3.63, 3.8) is 0 Å². The fourth-order valence-electron chi connectivity index (χ4n) is 3.54. The van der Waals surface area contributed by atoms with Gasteiger partial charge in [-0.25, -0.2) is 4.68 Å². The summed E-state index contributed by atoms with van der Waals surface area (Å²) < 4.78 is 3.52. The molecule has 0 spiro atoms. The van der Waals surface area contributed by atoms with Crippen LogP contribution < -0.4 is 5.49 Å². The number of aryl methyl sites for hydroxylation is 1. The van der Waals surface area contributed by atoms with Crippen molar-refractivity contribution in [2.75, 3.05) is 0 Å². The molecule has 0 bridgehead atoms. The summed E-state index contributed by atoms with van der Waals surface area (Å²) in [5.74, 6) is -1.47. The molecule has 6 nitrogen and oxygen atoms in total. The number of pyridine rings is 1. The molecule has 0 saturated carbocycles. The van der Waals surface area contributed by atoms with Crippen LogP contribution in [0.15, 0.2) is 90.1 Å². The molecule has 2 heterocycles. The molecule has 0 saturated heterocycles. The first-order valence-corrected chi connectivity index (χ1v) is 9.99. The molecule has 0 atom stereocenters. The lowest BCUT2D eigenvalue weighted by Gasteiger charge is -2.07. The Kier molecular flexibility index (Phi) is 5.71. The van der Waals surface area contributed by atoms with Gasteiger partial charge in [0.1, 0.15) is 5.49 Å². The average molecular weight is 410 g/mol. The van der Waals surface area contributed by atoms with Gasteiger partial charge in [0, 0.05) is 12.7 Å². The zero-order chi connectivity index (χ0) is 21.8. The number of rotatable bonds is 5. The number of carbonyl (C=O) groups excluding carboxylic acids is 2. The second-order valence-electron chi connectivity index (χ2n) is 7.21.